The number of likely N-dealkylation sites (tertiary alicyclic amines) is 1. The number of rotatable bonds is 3. The fraction of sp³-hybridized carbons (Fsp3) is 0.294. The Morgan fingerprint density at radius 2 is 1.83 bits per heavy atom. The molecule has 5 nitrogen and oxygen atoms in total. The lowest BCUT2D eigenvalue weighted by Gasteiger charge is -2.31. The van der Waals surface area contributed by atoms with E-state index < -0.39 is 0 Å². The molecule has 1 aromatic carbocycles. The van der Waals surface area contributed by atoms with Crippen molar-refractivity contribution in [2.75, 3.05) is 18.4 Å². The summed E-state index contributed by atoms with van der Waals surface area (Å²) >= 11 is 2.23. The van der Waals surface area contributed by atoms with Crippen molar-refractivity contribution in [1.29, 1.82) is 0 Å². The van der Waals surface area contributed by atoms with Gasteiger partial charge in [0.2, 0.25) is 5.91 Å². The number of hydrogen-bond donors (Lipinski definition) is 1. The number of piperidine rings is 1. The first-order chi connectivity index (χ1) is 11.1. The number of carbonyl (C=O) groups is 2. The summed E-state index contributed by atoms with van der Waals surface area (Å²) in [6, 6.07) is 9.39. The van der Waals surface area contributed by atoms with Crippen LogP contribution in [0.25, 0.3) is 0 Å². The lowest BCUT2D eigenvalue weighted by molar-refractivity contribution is -0.121. The zero-order chi connectivity index (χ0) is 16.2. The van der Waals surface area contributed by atoms with Gasteiger partial charge < -0.3 is 14.6 Å². The minimum Gasteiger partial charge on any atom is -0.472 e. The molecule has 120 valence electrons. The van der Waals surface area contributed by atoms with Crippen LogP contribution >= 0.6 is 22.6 Å². The van der Waals surface area contributed by atoms with Crippen molar-refractivity contribution in [3.8, 4) is 0 Å². The molecular formula is C17H17IN2O3. The Labute approximate surface area is 148 Å². The van der Waals surface area contributed by atoms with E-state index in [-0.39, 0.29) is 17.7 Å². The second kappa shape index (κ2) is 7.16. The summed E-state index contributed by atoms with van der Waals surface area (Å²) < 4.78 is 6.08. The third-order valence-electron chi connectivity index (χ3n) is 4.03. The van der Waals surface area contributed by atoms with E-state index >= 15 is 0 Å². The van der Waals surface area contributed by atoms with Crippen molar-refractivity contribution >= 4 is 40.1 Å². The van der Waals surface area contributed by atoms with Gasteiger partial charge in [-0.3, -0.25) is 9.59 Å². The molecule has 0 atom stereocenters. The van der Waals surface area contributed by atoms with Crippen LogP contribution in [0.15, 0.2) is 47.3 Å². The first-order valence-electron chi connectivity index (χ1n) is 7.51. The number of anilines is 1. The van der Waals surface area contributed by atoms with Gasteiger partial charge in [-0.1, -0.05) is 0 Å². The van der Waals surface area contributed by atoms with Gasteiger partial charge in [-0.05, 0) is 65.8 Å². The number of nitrogens with zero attached hydrogens (tertiary/aromatic N) is 1. The highest BCUT2D eigenvalue weighted by Crippen LogP contribution is 2.21. The molecule has 1 N–H and O–H groups in total. The SMILES string of the molecule is O=C(Nc1ccc(I)cc1)C1CCN(C(=O)c2ccoc2)CC1. The molecule has 0 radical (unpaired) electrons. The molecule has 1 aromatic heterocycles. The summed E-state index contributed by atoms with van der Waals surface area (Å²) in [6.07, 6.45) is 4.31. The number of furan rings is 1. The molecule has 2 heterocycles. The summed E-state index contributed by atoms with van der Waals surface area (Å²) in [5, 5.41) is 2.95. The number of amides is 2. The topological polar surface area (TPSA) is 62.6 Å². The van der Waals surface area contributed by atoms with Crippen molar-refractivity contribution in [2.45, 2.75) is 12.8 Å². The van der Waals surface area contributed by atoms with Crippen LogP contribution in [0.2, 0.25) is 0 Å². The molecule has 1 aliphatic rings. The van der Waals surface area contributed by atoms with Crippen molar-refractivity contribution in [3.05, 3.63) is 52.0 Å². The fourth-order valence-electron chi connectivity index (χ4n) is 2.69. The van der Waals surface area contributed by atoms with Crippen LogP contribution in [0, 0.1) is 9.49 Å². The van der Waals surface area contributed by atoms with Gasteiger partial charge in [0.05, 0.1) is 11.8 Å². The van der Waals surface area contributed by atoms with Gasteiger partial charge in [0.25, 0.3) is 5.91 Å². The van der Waals surface area contributed by atoms with E-state index in [9.17, 15) is 9.59 Å². The number of nitrogens with one attached hydrogen (secondary N) is 1. The number of halogens is 1. The van der Waals surface area contributed by atoms with Gasteiger partial charge in [-0.15, -0.1) is 0 Å². The highest BCUT2D eigenvalue weighted by molar-refractivity contribution is 14.1. The molecule has 1 saturated heterocycles. The number of hydrogen-bond acceptors (Lipinski definition) is 3. The van der Waals surface area contributed by atoms with Crippen molar-refractivity contribution in [3.63, 3.8) is 0 Å². The maximum Gasteiger partial charge on any atom is 0.257 e. The first-order valence-corrected chi connectivity index (χ1v) is 8.59. The van der Waals surface area contributed by atoms with Crippen LogP contribution in [-0.2, 0) is 4.79 Å². The molecule has 6 heteroatoms. The maximum atomic E-state index is 12.3. The largest absolute Gasteiger partial charge is 0.472 e. The van der Waals surface area contributed by atoms with E-state index in [0.717, 1.165) is 9.26 Å². The molecule has 0 spiro atoms. The zero-order valence-corrected chi connectivity index (χ0v) is 14.7. The number of carbonyl (C=O) groups excluding carboxylic acids is 2. The van der Waals surface area contributed by atoms with Crippen LogP contribution in [0.1, 0.15) is 23.2 Å². The molecule has 1 aliphatic heterocycles. The maximum absolute atomic E-state index is 12.3. The van der Waals surface area contributed by atoms with Gasteiger partial charge in [0.1, 0.15) is 6.26 Å². The molecule has 23 heavy (non-hydrogen) atoms. The number of benzene rings is 1. The Hall–Kier alpha value is -1.83. The third-order valence-corrected chi connectivity index (χ3v) is 4.75. The van der Waals surface area contributed by atoms with E-state index in [1.165, 1.54) is 12.5 Å². The molecular weight excluding hydrogens is 407 g/mol. The van der Waals surface area contributed by atoms with E-state index in [4.69, 9.17) is 4.42 Å². The molecule has 2 aromatic rings. The van der Waals surface area contributed by atoms with E-state index in [1.807, 2.05) is 24.3 Å². The van der Waals surface area contributed by atoms with Crippen LogP contribution in [0.3, 0.4) is 0 Å². The standard InChI is InChI=1S/C17H17IN2O3/c18-14-1-3-15(4-2-14)19-16(21)12-5-8-20(9-6-12)17(22)13-7-10-23-11-13/h1-4,7,10-12H,5-6,8-9H2,(H,19,21). The summed E-state index contributed by atoms with van der Waals surface area (Å²) in [4.78, 5) is 26.3. The van der Waals surface area contributed by atoms with Crippen molar-refractivity contribution in [1.82, 2.24) is 4.90 Å². The molecule has 2 amide bonds. The van der Waals surface area contributed by atoms with Crippen LogP contribution in [0.5, 0.6) is 0 Å². The average Bonchev–Trinajstić information content (AvgIpc) is 3.11. The minimum absolute atomic E-state index is 0.0293. The third kappa shape index (κ3) is 3.93. The molecule has 0 saturated carbocycles. The molecule has 0 aliphatic carbocycles. The van der Waals surface area contributed by atoms with Gasteiger partial charge in [0.15, 0.2) is 0 Å². The van der Waals surface area contributed by atoms with Gasteiger partial charge in [-0.2, -0.15) is 0 Å². The second-order valence-corrected chi connectivity index (χ2v) is 6.82. The highest BCUT2D eigenvalue weighted by Gasteiger charge is 2.28. The smallest absolute Gasteiger partial charge is 0.257 e. The quantitative estimate of drug-likeness (QED) is 0.769. The van der Waals surface area contributed by atoms with E-state index in [2.05, 4.69) is 27.9 Å². The van der Waals surface area contributed by atoms with Crippen LogP contribution in [-0.4, -0.2) is 29.8 Å². The summed E-state index contributed by atoms with van der Waals surface area (Å²) in [5.41, 5.74) is 1.37. The van der Waals surface area contributed by atoms with Crippen LogP contribution < -0.4 is 5.32 Å². The Morgan fingerprint density at radius 3 is 2.43 bits per heavy atom. The predicted molar refractivity (Wildman–Crippen MR) is 95.1 cm³/mol. The van der Waals surface area contributed by atoms with Crippen molar-refractivity contribution < 1.29 is 14.0 Å². The monoisotopic (exact) mass is 424 g/mol. The first kappa shape index (κ1) is 16.0. The van der Waals surface area contributed by atoms with Gasteiger partial charge in [-0.25, -0.2) is 0 Å². The van der Waals surface area contributed by atoms with Gasteiger partial charge in [0, 0.05) is 28.3 Å². The molecule has 0 bridgehead atoms. The summed E-state index contributed by atoms with van der Waals surface area (Å²) in [6.45, 7) is 1.18. The summed E-state index contributed by atoms with van der Waals surface area (Å²) in [5.74, 6) is -0.0560. The Balaban J connectivity index is 1.53. The lowest BCUT2D eigenvalue weighted by Crippen LogP contribution is -2.41. The zero-order valence-electron chi connectivity index (χ0n) is 12.5. The lowest BCUT2D eigenvalue weighted by atomic mass is 9.95. The average molecular weight is 424 g/mol. The highest BCUT2D eigenvalue weighted by atomic mass is 127. The Morgan fingerprint density at radius 1 is 1.13 bits per heavy atom. The fourth-order valence-corrected chi connectivity index (χ4v) is 3.05. The van der Waals surface area contributed by atoms with Gasteiger partial charge >= 0.3 is 0 Å². The second-order valence-electron chi connectivity index (χ2n) is 5.57. The Kier molecular flexibility index (Phi) is 5.00. The van der Waals surface area contributed by atoms with E-state index in [1.54, 1.807) is 11.0 Å². The summed E-state index contributed by atoms with van der Waals surface area (Å²) in [7, 11) is 0. The van der Waals surface area contributed by atoms with E-state index in [0.29, 0.717) is 31.5 Å². The molecule has 3 rings (SSSR count). The van der Waals surface area contributed by atoms with Crippen LogP contribution in [0.4, 0.5) is 5.69 Å². The predicted octanol–water partition coefficient (Wildman–Crippen LogP) is 3.38. The Bertz CT molecular complexity index is 674. The molecule has 1 fully saturated rings. The normalized spacial score (nSPS) is 15.4. The molecule has 0 unspecified atom stereocenters. The minimum atomic E-state index is -0.0531. The van der Waals surface area contributed by atoms with Crippen molar-refractivity contribution in [2.24, 2.45) is 5.92 Å².